The van der Waals surface area contributed by atoms with Crippen LogP contribution in [0.4, 0.5) is 23.1 Å². The molecule has 0 amide bonds. The van der Waals surface area contributed by atoms with Gasteiger partial charge in [0, 0.05) is 55.9 Å². The lowest BCUT2D eigenvalue weighted by Crippen LogP contribution is -2.99. The number of benzene rings is 1. The third-order valence-corrected chi connectivity index (χ3v) is 5.69. The molecule has 1 aliphatic rings. The van der Waals surface area contributed by atoms with Crippen LogP contribution in [0, 0.1) is 5.21 Å². The van der Waals surface area contributed by atoms with E-state index in [1.54, 1.807) is 18.2 Å². The van der Waals surface area contributed by atoms with Crippen molar-refractivity contribution < 1.29 is 10.4 Å². The molecule has 0 aliphatic carbocycles. The van der Waals surface area contributed by atoms with E-state index in [0.29, 0.717) is 34.9 Å². The predicted octanol–water partition coefficient (Wildman–Crippen LogP) is 2.18. The van der Waals surface area contributed by atoms with Crippen molar-refractivity contribution in [3.05, 3.63) is 58.0 Å². The molecule has 0 spiro atoms. The molecule has 0 saturated carbocycles. The molecule has 12 heteroatoms. The molecule has 0 bridgehead atoms. The second-order valence-electron chi connectivity index (χ2n) is 7.38. The molecule has 1 aromatic carbocycles. The quantitative estimate of drug-likeness (QED) is 0.238. The molecule has 174 valence electrons. The van der Waals surface area contributed by atoms with Crippen molar-refractivity contribution in [2.75, 3.05) is 54.8 Å². The van der Waals surface area contributed by atoms with E-state index in [2.05, 4.69) is 30.8 Å². The zero-order chi connectivity index (χ0) is 23.2. The summed E-state index contributed by atoms with van der Waals surface area (Å²) in [5.41, 5.74) is 2.60. The predicted molar refractivity (Wildman–Crippen MR) is 130 cm³/mol. The number of quaternary nitrogens is 1. The van der Waals surface area contributed by atoms with Gasteiger partial charge in [-0.25, -0.2) is 20.2 Å². The monoisotopic (exact) mass is 490 g/mol. The molecule has 2 aromatic heterocycles. The van der Waals surface area contributed by atoms with Gasteiger partial charge in [0.1, 0.15) is 11.5 Å². The van der Waals surface area contributed by atoms with Gasteiger partial charge in [-0.3, -0.25) is 0 Å². The molecule has 5 N–H and O–H groups in total. The highest BCUT2D eigenvalue weighted by Gasteiger charge is 2.19. The molecule has 3 heterocycles. The molecular weight excluding hydrogens is 467 g/mol. The van der Waals surface area contributed by atoms with Gasteiger partial charge >= 0.3 is 0 Å². The first-order chi connectivity index (χ1) is 16.0. The lowest BCUT2D eigenvalue weighted by molar-refractivity contribution is -0.991. The molecule has 33 heavy (non-hydrogen) atoms. The van der Waals surface area contributed by atoms with Crippen LogP contribution in [0.1, 0.15) is 0 Å². The second kappa shape index (κ2) is 10.9. The Kier molecular flexibility index (Phi) is 7.76. The van der Waals surface area contributed by atoms with Crippen molar-refractivity contribution in [3.8, 4) is 11.3 Å². The van der Waals surface area contributed by atoms with E-state index < -0.39 is 5.23 Å². The SMILES string of the molecule is [O-][NH+](O)c1ccc(NCCNc2ncc(N3CCNCC3)c(-c3ccc(Cl)cc3Cl)n2)nc1. The maximum absolute atomic E-state index is 10.9. The molecule has 0 radical (unpaired) electrons. The van der Waals surface area contributed by atoms with Gasteiger partial charge < -0.3 is 26.1 Å². The van der Waals surface area contributed by atoms with E-state index in [-0.39, 0.29) is 5.69 Å². The van der Waals surface area contributed by atoms with Crippen LogP contribution in [-0.2, 0) is 0 Å². The van der Waals surface area contributed by atoms with Crippen molar-refractivity contribution in [2.45, 2.75) is 0 Å². The third-order valence-electron chi connectivity index (χ3n) is 5.14. The molecule has 1 unspecified atom stereocenters. The van der Waals surface area contributed by atoms with E-state index >= 15 is 0 Å². The largest absolute Gasteiger partial charge is 0.595 e. The topological polar surface area (TPSA) is 126 Å². The fourth-order valence-corrected chi connectivity index (χ4v) is 3.97. The van der Waals surface area contributed by atoms with Crippen LogP contribution in [-0.4, -0.2) is 59.4 Å². The van der Waals surface area contributed by atoms with Crippen LogP contribution in [0.2, 0.25) is 10.0 Å². The summed E-state index contributed by atoms with van der Waals surface area (Å²) in [4.78, 5) is 15.6. The first-order valence-corrected chi connectivity index (χ1v) is 11.2. The van der Waals surface area contributed by atoms with Crippen molar-refractivity contribution in [2.24, 2.45) is 0 Å². The van der Waals surface area contributed by atoms with Gasteiger partial charge in [-0.05, 0) is 24.3 Å². The number of pyridine rings is 1. The zero-order valence-corrected chi connectivity index (χ0v) is 19.2. The molecule has 3 aromatic rings. The van der Waals surface area contributed by atoms with E-state index in [1.807, 2.05) is 12.3 Å². The van der Waals surface area contributed by atoms with Crippen molar-refractivity contribution >= 4 is 46.3 Å². The first-order valence-electron chi connectivity index (χ1n) is 10.5. The van der Waals surface area contributed by atoms with Gasteiger partial charge in [0.2, 0.25) is 5.95 Å². The van der Waals surface area contributed by atoms with Gasteiger partial charge in [-0.2, -0.15) is 5.23 Å². The Morgan fingerprint density at radius 3 is 2.55 bits per heavy atom. The zero-order valence-electron chi connectivity index (χ0n) is 17.7. The average Bonchev–Trinajstić information content (AvgIpc) is 2.83. The minimum absolute atomic E-state index is 0.144. The number of halogens is 2. The summed E-state index contributed by atoms with van der Waals surface area (Å²) in [6, 6.07) is 8.51. The normalized spacial score (nSPS) is 14.7. The van der Waals surface area contributed by atoms with Crippen LogP contribution >= 0.6 is 23.2 Å². The van der Waals surface area contributed by atoms with Gasteiger partial charge in [-0.15, -0.1) is 0 Å². The summed E-state index contributed by atoms with van der Waals surface area (Å²) < 4.78 is 0. The Morgan fingerprint density at radius 1 is 1.06 bits per heavy atom. The lowest BCUT2D eigenvalue weighted by Gasteiger charge is -2.30. The van der Waals surface area contributed by atoms with E-state index in [4.69, 9.17) is 33.4 Å². The standard InChI is InChI=1S/C21H24Cl2N8O2/c22-14-1-3-16(17(23)11-14)20-18(30-9-7-24-8-10-30)13-28-21(29-20)26-6-5-25-19-4-2-15(12-27-19)31(32)33/h1-4,11-13,24,31-32H,5-10H2,(H,25,27)(H,26,28,29). The summed E-state index contributed by atoms with van der Waals surface area (Å²) in [7, 11) is 0. The molecule has 4 rings (SSSR count). The second-order valence-corrected chi connectivity index (χ2v) is 8.22. The Hall–Kier alpha value is -2.73. The average molecular weight is 491 g/mol. The van der Waals surface area contributed by atoms with Crippen LogP contribution in [0.15, 0.2) is 42.7 Å². The van der Waals surface area contributed by atoms with Crippen molar-refractivity contribution in [3.63, 3.8) is 0 Å². The molecule has 1 saturated heterocycles. The van der Waals surface area contributed by atoms with Crippen molar-refractivity contribution in [1.82, 2.24) is 20.3 Å². The van der Waals surface area contributed by atoms with Crippen LogP contribution < -0.4 is 26.1 Å². The Morgan fingerprint density at radius 2 is 1.85 bits per heavy atom. The number of nitrogens with one attached hydrogen (secondary N) is 4. The number of hydrogen-bond donors (Lipinski definition) is 5. The van der Waals surface area contributed by atoms with E-state index in [9.17, 15) is 5.21 Å². The number of hydrogen-bond acceptors (Lipinski definition) is 9. The van der Waals surface area contributed by atoms with Gasteiger partial charge in [0.05, 0.1) is 23.1 Å². The number of piperazine rings is 1. The highest BCUT2D eigenvalue weighted by atomic mass is 35.5. The maximum Gasteiger partial charge on any atom is 0.223 e. The number of rotatable bonds is 8. The minimum Gasteiger partial charge on any atom is -0.595 e. The van der Waals surface area contributed by atoms with Gasteiger partial charge in [0.25, 0.3) is 0 Å². The summed E-state index contributed by atoms with van der Waals surface area (Å²) in [6.45, 7) is 4.56. The van der Waals surface area contributed by atoms with E-state index in [1.165, 1.54) is 12.3 Å². The smallest absolute Gasteiger partial charge is 0.223 e. The molecular formula is C21H24Cl2N8O2. The van der Waals surface area contributed by atoms with Gasteiger partial charge in [0.15, 0.2) is 5.69 Å². The minimum atomic E-state index is -1.01. The summed E-state index contributed by atoms with van der Waals surface area (Å²) in [5, 5.41) is 29.6. The summed E-state index contributed by atoms with van der Waals surface area (Å²) in [5.74, 6) is 1.07. The Labute approximate surface area is 201 Å². The van der Waals surface area contributed by atoms with E-state index in [0.717, 1.165) is 43.1 Å². The number of anilines is 3. The molecule has 1 atom stereocenters. The highest BCUT2D eigenvalue weighted by Crippen LogP contribution is 2.35. The lowest BCUT2D eigenvalue weighted by atomic mass is 10.1. The first kappa shape index (κ1) is 23.4. The highest BCUT2D eigenvalue weighted by molar-refractivity contribution is 6.36. The van der Waals surface area contributed by atoms with Crippen molar-refractivity contribution in [1.29, 1.82) is 0 Å². The van der Waals surface area contributed by atoms with Gasteiger partial charge in [-0.1, -0.05) is 23.2 Å². The van der Waals surface area contributed by atoms with Crippen LogP contribution in [0.3, 0.4) is 0 Å². The Balaban J connectivity index is 1.47. The van der Waals surface area contributed by atoms with Crippen LogP contribution in [0.25, 0.3) is 11.3 Å². The third kappa shape index (κ3) is 5.99. The fourth-order valence-electron chi connectivity index (χ4n) is 3.47. The molecule has 1 fully saturated rings. The summed E-state index contributed by atoms with van der Waals surface area (Å²) >= 11 is 12.6. The molecule has 1 aliphatic heterocycles. The number of nitrogens with zero attached hydrogens (tertiary/aromatic N) is 4. The fraction of sp³-hybridized carbons (Fsp3) is 0.286. The molecule has 10 nitrogen and oxygen atoms in total. The summed E-state index contributed by atoms with van der Waals surface area (Å²) in [6.07, 6.45) is 3.14. The van der Waals surface area contributed by atoms with Crippen LogP contribution in [0.5, 0.6) is 0 Å². The maximum atomic E-state index is 10.9. The number of aromatic nitrogens is 3. The Bertz CT molecular complexity index is 1080.